The van der Waals surface area contributed by atoms with Gasteiger partial charge in [-0.25, -0.2) is 0 Å². The van der Waals surface area contributed by atoms with Crippen LogP contribution in [0, 0.1) is 5.92 Å². The molecule has 0 N–H and O–H groups in total. The molecule has 0 saturated carbocycles. The van der Waals surface area contributed by atoms with Crippen LogP contribution in [-0.2, 0) is 9.53 Å². The molecule has 0 aliphatic rings. The van der Waals surface area contributed by atoms with Crippen LogP contribution in [0.15, 0.2) is 0 Å². The second-order valence-corrected chi connectivity index (χ2v) is 2.70. The fourth-order valence-corrected chi connectivity index (χ4v) is 1.26. The van der Waals surface area contributed by atoms with Crippen LogP contribution in [0.3, 0.4) is 0 Å². The molecule has 2 nitrogen and oxygen atoms in total. The number of Topliss-reactive ketones (excluding diaryl/α,β-unsaturated/α-hetero) is 1. The molecule has 0 spiro atoms. The Morgan fingerprint density at radius 1 is 1.70 bits per heavy atom. The summed E-state index contributed by atoms with van der Waals surface area (Å²) in [6.45, 7) is 1.45. The van der Waals surface area contributed by atoms with Crippen molar-refractivity contribution in [2.24, 2.45) is 5.92 Å². The molecule has 0 bridgehead atoms. The summed E-state index contributed by atoms with van der Waals surface area (Å²) in [7, 11) is 1.44. The number of carbonyl (C=O) groups excluding carboxylic acids is 1. The first-order valence-corrected chi connectivity index (χ1v) is 3.83. The van der Waals surface area contributed by atoms with Gasteiger partial charge in [0.05, 0.1) is 5.92 Å². The van der Waals surface area contributed by atoms with Gasteiger partial charge in [0.1, 0.15) is 11.3 Å². The van der Waals surface area contributed by atoms with Gasteiger partial charge in [-0.15, -0.1) is 11.6 Å². The van der Waals surface area contributed by atoms with E-state index in [0.717, 1.165) is 0 Å². The largest absolute Gasteiger partial charge is 0.365 e. The van der Waals surface area contributed by atoms with Crippen LogP contribution in [-0.4, -0.2) is 24.3 Å². The lowest BCUT2D eigenvalue weighted by Crippen LogP contribution is -2.25. The Labute approximate surface area is 70.4 Å². The smallest absolute Gasteiger partial charge is 0.141 e. The van der Waals surface area contributed by atoms with E-state index in [1.807, 2.05) is 0 Å². The van der Waals surface area contributed by atoms with E-state index in [9.17, 15) is 4.79 Å². The first kappa shape index (κ1) is 10.2. The lowest BCUT2D eigenvalue weighted by Gasteiger charge is -2.14. The zero-order valence-electron chi connectivity index (χ0n) is 5.93. The molecule has 0 saturated heterocycles. The van der Waals surface area contributed by atoms with E-state index in [-0.39, 0.29) is 11.7 Å². The highest BCUT2D eigenvalue weighted by atomic mass is 35.5. The number of hydrogen-bond donors (Lipinski definition) is 0. The molecule has 2 atom stereocenters. The van der Waals surface area contributed by atoms with Gasteiger partial charge in [-0.3, -0.25) is 4.79 Å². The molecule has 0 aliphatic carbocycles. The summed E-state index contributed by atoms with van der Waals surface area (Å²) in [5.41, 5.74) is -0.602. The molecule has 0 fully saturated rings. The van der Waals surface area contributed by atoms with Crippen molar-refractivity contribution in [1.29, 1.82) is 0 Å². The molecule has 0 aromatic heterocycles. The molecule has 0 amide bonds. The first-order valence-electron chi connectivity index (χ1n) is 2.86. The van der Waals surface area contributed by atoms with E-state index in [0.29, 0.717) is 0 Å². The van der Waals surface area contributed by atoms with Crippen LogP contribution in [0.1, 0.15) is 6.92 Å². The Balaban J connectivity index is 3.92. The fourth-order valence-electron chi connectivity index (χ4n) is 0.527. The van der Waals surface area contributed by atoms with Crippen molar-refractivity contribution in [3.63, 3.8) is 0 Å². The van der Waals surface area contributed by atoms with Crippen molar-refractivity contribution in [2.45, 2.75) is 12.5 Å². The molecule has 60 valence electrons. The zero-order chi connectivity index (χ0) is 8.15. The molecule has 0 aromatic carbocycles. The van der Waals surface area contributed by atoms with E-state index < -0.39 is 11.5 Å². The predicted molar refractivity (Wildman–Crippen MR) is 41.5 cm³/mol. The van der Waals surface area contributed by atoms with Gasteiger partial charge in [-0.2, -0.15) is 0 Å². The summed E-state index contributed by atoms with van der Waals surface area (Å²) in [5, 5.41) is 0. The number of halogens is 2. The third kappa shape index (κ3) is 2.86. The van der Waals surface area contributed by atoms with Crippen molar-refractivity contribution < 1.29 is 9.53 Å². The van der Waals surface area contributed by atoms with Crippen LogP contribution in [0.25, 0.3) is 0 Å². The van der Waals surface area contributed by atoms with Crippen molar-refractivity contribution in [3.8, 4) is 0 Å². The summed E-state index contributed by atoms with van der Waals surface area (Å²) in [4.78, 5) is 10.7. The van der Waals surface area contributed by atoms with Crippen LogP contribution in [0.4, 0.5) is 0 Å². The highest BCUT2D eigenvalue weighted by Crippen LogP contribution is 2.14. The van der Waals surface area contributed by atoms with Gasteiger partial charge in [0, 0.05) is 13.0 Å². The van der Waals surface area contributed by atoms with Gasteiger partial charge < -0.3 is 4.74 Å². The maximum absolute atomic E-state index is 10.7. The summed E-state index contributed by atoms with van der Waals surface area (Å²) < 4.78 is 4.72. The van der Waals surface area contributed by atoms with Crippen LogP contribution in [0.2, 0.25) is 0 Å². The molecule has 0 heterocycles. The average molecular weight is 185 g/mol. The van der Waals surface area contributed by atoms with Crippen molar-refractivity contribution >= 4 is 29.0 Å². The second kappa shape index (κ2) is 4.94. The van der Waals surface area contributed by atoms with E-state index in [2.05, 4.69) is 0 Å². The predicted octanol–water partition coefficient (Wildman–Crippen LogP) is 1.64. The first-order chi connectivity index (χ1) is 4.63. The maximum Gasteiger partial charge on any atom is 0.141 e. The van der Waals surface area contributed by atoms with E-state index in [1.54, 1.807) is 0 Å². The fraction of sp³-hybridized carbons (Fsp3) is 0.833. The number of hydrogen-bond acceptors (Lipinski definition) is 2. The molecule has 4 heteroatoms. The quantitative estimate of drug-likeness (QED) is 0.622. The standard InChI is InChI=1S/C6H10Cl2O2/c1-4(9)5(3-7)6(8)10-2/h5-6H,3H2,1-2H3. The Bertz CT molecular complexity index is 116. The van der Waals surface area contributed by atoms with E-state index in [1.165, 1.54) is 14.0 Å². The van der Waals surface area contributed by atoms with E-state index >= 15 is 0 Å². The average Bonchev–Trinajstić information content (AvgIpc) is 1.88. The van der Waals surface area contributed by atoms with E-state index in [4.69, 9.17) is 27.9 Å². The lowest BCUT2D eigenvalue weighted by atomic mass is 10.1. The van der Waals surface area contributed by atoms with Gasteiger partial charge in [-0.05, 0) is 6.92 Å². The molecule has 10 heavy (non-hydrogen) atoms. The van der Waals surface area contributed by atoms with Gasteiger partial charge in [0.25, 0.3) is 0 Å². The number of ether oxygens (including phenoxy) is 1. The minimum Gasteiger partial charge on any atom is -0.365 e. The molecular weight excluding hydrogens is 175 g/mol. The zero-order valence-corrected chi connectivity index (χ0v) is 7.45. The highest BCUT2D eigenvalue weighted by molar-refractivity contribution is 6.24. The van der Waals surface area contributed by atoms with Crippen LogP contribution >= 0.6 is 23.2 Å². The molecule has 0 rings (SSSR count). The van der Waals surface area contributed by atoms with Gasteiger partial charge in [0.2, 0.25) is 0 Å². The van der Waals surface area contributed by atoms with Crippen molar-refractivity contribution in [1.82, 2.24) is 0 Å². The number of ketones is 1. The summed E-state index contributed by atoms with van der Waals surface area (Å²) in [5.74, 6) is -0.234. The van der Waals surface area contributed by atoms with Crippen molar-refractivity contribution in [3.05, 3.63) is 0 Å². The Morgan fingerprint density at radius 3 is 2.30 bits per heavy atom. The van der Waals surface area contributed by atoms with Gasteiger partial charge >= 0.3 is 0 Å². The summed E-state index contributed by atoms with van der Waals surface area (Å²) >= 11 is 11.0. The number of alkyl halides is 2. The monoisotopic (exact) mass is 184 g/mol. The minimum atomic E-state index is -0.602. The third-order valence-corrected chi connectivity index (χ3v) is 2.04. The minimum absolute atomic E-state index is 0.0446. The number of rotatable bonds is 4. The molecule has 0 aliphatic heterocycles. The molecule has 0 aromatic rings. The summed E-state index contributed by atoms with van der Waals surface area (Å²) in [6, 6.07) is 0. The lowest BCUT2D eigenvalue weighted by molar-refractivity contribution is -0.122. The van der Waals surface area contributed by atoms with Crippen LogP contribution in [0.5, 0.6) is 0 Å². The molecule has 0 radical (unpaired) electrons. The maximum atomic E-state index is 10.7. The Morgan fingerprint density at radius 2 is 2.20 bits per heavy atom. The van der Waals surface area contributed by atoms with Gasteiger partial charge in [-0.1, -0.05) is 11.6 Å². The SMILES string of the molecule is COC(Cl)C(CCl)C(C)=O. The van der Waals surface area contributed by atoms with Gasteiger partial charge in [0.15, 0.2) is 0 Å². The normalized spacial score (nSPS) is 16.4. The summed E-state index contributed by atoms with van der Waals surface area (Å²) in [6.07, 6.45) is 0. The Kier molecular flexibility index (Phi) is 5.04. The number of methoxy groups -OCH3 is 1. The molecule has 2 unspecified atom stereocenters. The third-order valence-electron chi connectivity index (χ3n) is 1.23. The topological polar surface area (TPSA) is 26.3 Å². The second-order valence-electron chi connectivity index (χ2n) is 1.96. The van der Waals surface area contributed by atoms with Crippen LogP contribution < -0.4 is 0 Å². The van der Waals surface area contributed by atoms with Crippen molar-refractivity contribution in [2.75, 3.05) is 13.0 Å². The number of carbonyl (C=O) groups is 1. The Hall–Kier alpha value is 0.210. The highest BCUT2D eigenvalue weighted by Gasteiger charge is 2.21. The molecular formula is C6H10Cl2O2.